The number of alkyl carbamates (subject to hydrolysis) is 1. The molecule has 0 fully saturated rings. The van der Waals surface area contributed by atoms with E-state index in [1.54, 1.807) is 18.3 Å². The molecule has 0 atom stereocenters. The first-order valence-corrected chi connectivity index (χ1v) is 7.28. The summed E-state index contributed by atoms with van der Waals surface area (Å²) in [5, 5.41) is 10.1. The molecule has 23 heavy (non-hydrogen) atoms. The van der Waals surface area contributed by atoms with Gasteiger partial charge < -0.3 is 10.1 Å². The minimum absolute atomic E-state index is 0.219. The van der Waals surface area contributed by atoms with Crippen LogP contribution in [0.1, 0.15) is 32.8 Å². The third-order valence-corrected chi connectivity index (χ3v) is 2.82. The maximum atomic E-state index is 11.5. The highest BCUT2D eigenvalue weighted by molar-refractivity contribution is 5.81. The molecule has 0 saturated heterocycles. The van der Waals surface area contributed by atoms with Crippen molar-refractivity contribution in [1.29, 1.82) is 0 Å². The van der Waals surface area contributed by atoms with Gasteiger partial charge in [0.25, 0.3) is 5.56 Å². The molecule has 1 aromatic carbocycles. The van der Waals surface area contributed by atoms with E-state index in [1.807, 2.05) is 26.8 Å². The van der Waals surface area contributed by atoms with Crippen molar-refractivity contribution >= 4 is 16.9 Å². The second-order valence-electron chi connectivity index (χ2n) is 5.98. The number of carbonyl (C=O) groups is 1. The lowest BCUT2D eigenvalue weighted by atomic mass is 10.1. The molecule has 0 bridgehead atoms. The van der Waals surface area contributed by atoms with E-state index >= 15 is 0 Å². The van der Waals surface area contributed by atoms with Crippen molar-refractivity contribution in [3.05, 3.63) is 40.3 Å². The van der Waals surface area contributed by atoms with Crippen LogP contribution in [0.4, 0.5) is 4.79 Å². The zero-order valence-electron chi connectivity index (χ0n) is 13.4. The predicted octanol–water partition coefficient (Wildman–Crippen LogP) is 2.19. The van der Waals surface area contributed by atoms with E-state index in [4.69, 9.17) is 4.74 Å². The van der Waals surface area contributed by atoms with Crippen molar-refractivity contribution in [1.82, 2.24) is 15.5 Å². The minimum Gasteiger partial charge on any atom is -0.444 e. The van der Waals surface area contributed by atoms with Gasteiger partial charge in [0.15, 0.2) is 0 Å². The lowest BCUT2D eigenvalue weighted by Gasteiger charge is -2.19. The topological polar surface area (TPSA) is 84.1 Å². The summed E-state index contributed by atoms with van der Waals surface area (Å²) in [6, 6.07) is 5.32. The Balaban J connectivity index is 1.90. The number of hydrogen-bond acceptors (Lipinski definition) is 4. The Morgan fingerprint density at radius 1 is 1.39 bits per heavy atom. The third kappa shape index (κ3) is 5.15. The van der Waals surface area contributed by atoms with Crippen LogP contribution >= 0.6 is 0 Å². The molecule has 0 unspecified atom stereocenters. The van der Waals surface area contributed by atoms with E-state index in [1.165, 1.54) is 0 Å². The summed E-state index contributed by atoms with van der Waals surface area (Å²) in [6.45, 7) is 5.85. The number of rotatable bonds is 2. The molecule has 6 nitrogen and oxygen atoms in total. The van der Waals surface area contributed by atoms with Crippen LogP contribution in [0.3, 0.4) is 0 Å². The zero-order valence-corrected chi connectivity index (χ0v) is 13.4. The van der Waals surface area contributed by atoms with E-state index in [0.29, 0.717) is 18.4 Å². The molecule has 6 heteroatoms. The van der Waals surface area contributed by atoms with Crippen molar-refractivity contribution in [2.75, 3.05) is 6.54 Å². The molecule has 0 aliphatic carbocycles. The van der Waals surface area contributed by atoms with Crippen molar-refractivity contribution in [3.8, 4) is 11.8 Å². The summed E-state index contributed by atoms with van der Waals surface area (Å²) in [5.41, 5.74) is 0.0676. The number of amides is 1. The molecule has 2 N–H and O–H groups in total. The highest BCUT2D eigenvalue weighted by Crippen LogP contribution is 2.10. The van der Waals surface area contributed by atoms with Crippen molar-refractivity contribution in [3.63, 3.8) is 0 Å². The Hall–Kier alpha value is -2.81. The normalized spacial score (nSPS) is 10.7. The fraction of sp³-hybridized carbons (Fsp3) is 0.353. The van der Waals surface area contributed by atoms with Gasteiger partial charge in [-0.05, 0) is 39.0 Å². The zero-order chi connectivity index (χ0) is 16.9. The van der Waals surface area contributed by atoms with Gasteiger partial charge in [-0.1, -0.05) is 11.8 Å². The standard InChI is InChI=1S/C17H19N3O3/c1-17(2,3)23-16(22)18-9-5-4-6-12-7-8-14-13(10-12)11-19-20-15(14)21/h7-8,10-11H,5,9H2,1-3H3,(H,18,22)(H,20,21). The average molecular weight is 313 g/mol. The van der Waals surface area contributed by atoms with Gasteiger partial charge in [-0.25, -0.2) is 9.89 Å². The van der Waals surface area contributed by atoms with Gasteiger partial charge in [0.05, 0.1) is 11.6 Å². The predicted molar refractivity (Wildman–Crippen MR) is 88.1 cm³/mol. The number of fused-ring (bicyclic) bond motifs is 1. The number of nitrogens with one attached hydrogen (secondary N) is 2. The first kappa shape index (κ1) is 16.6. The second kappa shape index (κ2) is 6.97. The maximum absolute atomic E-state index is 11.5. The molecule has 120 valence electrons. The van der Waals surface area contributed by atoms with Crippen LogP contribution in [-0.2, 0) is 4.74 Å². The summed E-state index contributed by atoms with van der Waals surface area (Å²) in [5.74, 6) is 5.97. The molecule has 2 rings (SSSR count). The van der Waals surface area contributed by atoms with Crippen LogP contribution in [0.2, 0.25) is 0 Å². The average Bonchev–Trinajstić information content (AvgIpc) is 2.45. The Morgan fingerprint density at radius 2 is 2.17 bits per heavy atom. The second-order valence-corrected chi connectivity index (χ2v) is 5.98. The largest absolute Gasteiger partial charge is 0.444 e. The molecule has 1 aromatic heterocycles. The third-order valence-electron chi connectivity index (χ3n) is 2.82. The van der Waals surface area contributed by atoms with Crippen LogP contribution in [-0.4, -0.2) is 28.4 Å². The lowest BCUT2D eigenvalue weighted by Crippen LogP contribution is -2.32. The molecule has 1 amide bonds. The van der Waals surface area contributed by atoms with Gasteiger partial charge in [-0.2, -0.15) is 5.10 Å². The Morgan fingerprint density at radius 3 is 2.91 bits per heavy atom. The Bertz CT molecular complexity index is 823. The SMILES string of the molecule is CC(C)(C)OC(=O)NCCC#Cc1ccc2c(=O)[nH]ncc2c1. The fourth-order valence-electron chi connectivity index (χ4n) is 1.88. The number of nitrogens with zero attached hydrogens (tertiary/aromatic N) is 1. The summed E-state index contributed by atoms with van der Waals surface area (Å²) < 4.78 is 5.12. The highest BCUT2D eigenvalue weighted by Gasteiger charge is 2.15. The summed E-state index contributed by atoms with van der Waals surface area (Å²) >= 11 is 0. The summed E-state index contributed by atoms with van der Waals surface area (Å²) in [7, 11) is 0. The van der Waals surface area contributed by atoms with Crippen LogP contribution in [0.25, 0.3) is 10.8 Å². The number of aromatic nitrogens is 2. The highest BCUT2D eigenvalue weighted by atomic mass is 16.6. The Kier molecular flexibility index (Phi) is 5.02. The van der Waals surface area contributed by atoms with Gasteiger partial charge in [0, 0.05) is 23.9 Å². The van der Waals surface area contributed by atoms with E-state index in [9.17, 15) is 9.59 Å². The number of benzene rings is 1. The first-order chi connectivity index (χ1) is 10.8. The van der Waals surface area contributed by atoms with Crippen molar-refractivity contribution in [2.24, 2.45) is 0 Å². The molecular weight excluding hydrogens is 294 g/mol. The van der Waals surface area contributed by atoms with E-state index in [2.05, 4.69) is 27.4 Å². The van der Waals surface area contributed by atoms with E-state index in [-0.39, 0.29) is 5.56 Å². The molecular formula is C17H19N3O3. The number of carbonyl (C=O) groups excluding carboxylic acids is 1. The Labute approximate surface area is 134 Å². The van der Waals surface area contributed by atoms with E-state index < -0.39 is 11.7 Å². The van der Waals surface area contributed by atoms with Crippen LogP contribution < -0.4 is 10.9 Å². The van der Waals surface area contributed by atoms with Gasteiger partial charge in [-0.15, -0.1) is 0 Å². The molecule has 2 aromatic rings. The van der Waals surface area contributed by atoms with Gasteiger partial charge in [-0.3, -0.25) is 4.79 Å². The van der Waals surface area contributed by atoms with Crippen LogP contribution in [0.15, 0.2) is 29.2 Å². The molecule has 0 saturated carbocycles. The summed E-state index contributed by atoms with van der Waals surface area (Å²) in [4.78, 5) is 23.0. The van der Waals surface area contributed by atoms with Crippen LogP contribution in [0.5, 0.6) is 0 Å². The first-order valence-electron chi connectivity index (χ1n) is 7.28. The fourth-order valence-corrected chi connectivity index (χ4v) is 1.88. The van der Waals surface area contributed by atoms with Gasteiger partial charge >= 0.3 is 6.09 Å². The molecule has 1 heterocycles. The van der Waals surface area contributed by atoms with Crippen molar-refractivity contribution in [2.45, 2.75) is 32.8 Å². The van der Waals surface area contributed by atoms with Gasteiger partial charge in [0.1, 0.15) is 5.60 Å². The van der Waals surface area contributed by atoms with Crippen molar-refractivity contribution < 1.29 is 9.53 Å². The number of hydrogen-bond donors (Lipinski definition) is 2. The summed E-state index contributed by atoms with van der Waals surface area (Å²) in [6.07, 6.45) is 1.65. The number of aromatic amines is 1. The molecule has 0 aliphatic rings. The number of H-pyrrole nitrogens is 1. The number of ether oxygens (including phenoxy) is 1. The monoisotopic (exact) mass is 313 g/mol. The molecule has 0 aliphatic heterocycles. The van der Waals surface area contributed by atoms with E-state index in [0.717, 1.165) is 10.9 Å². The van der Waals surface area contributed by atoms with Gasteiger partial charge in [0.2, 0.25) is 0 Å². The molecule has 0 spiro atoms. The quantitative estimate of drug-likeness (QED) is 0.657. The smallest absolute Gasteiger partial charge is 0.407 e. The molecule has 0 radical (unpaired) electrons. The van der Waals surface area contributed by atoms with Crippen LogP contribution in [0, 0.1) is 11.8 Å². The minimum atomic E-state index is -0.507. The lowest BCUT2D eigenvalue weighted by molar-refractivity contribution is 0.0529. The maximum Gasteiger partial charge on any atom is 0.407 e.